The Hall–Kier alpha value is -3.64. The normalized spacial score (nSPS) is 12.1. The van der Waals surface area contributed by atoms with Gasteiger partial charge in [0.05, 0.1) is 11.6 Å². The summed E-state index contributed by atoms with van der Waals surface area (Å²) in [4.78, 5) is 12.9. The highest BCUT2D eigenvalue weighted by Crippen LogP contribution is 2.27. The van der Waals surface area contributed by atoms with Crippen molar-refractivity contribution < 1.29 is 4.79 Å². The van der Waals surface area contributed by atoms with Crippen LogP contribution in [0.5, 0.6) is 0 Å². The number of amides is 1. The Morgan fingerprint density at radius 2 is 1.86 bits per heavy atom. The second kappa shape index (κ2) is 7.77. The van der Waals surface area contributed by atoms with Gasteiger partial charge in [0.25, 0.3) is 5.91 Å². The van der Waals surface area contributed by atoms with Crippen LogP contribution < -0.4 is 16.8 Å². The van der Waals surface area contributed by atoms with Gasteiger partial charge >= 0.3 is 0 Å². The van der Waals surface area contributed by atoms with Gasteiger partial charge in [0.1, 0.15) is 0 Å². The number of hydrogen-bond acceptors (Lipinski definition) is 4. The molecule has 0 fully saturated rings. The Bertz CT molecular complexity index is 1180. The zero-order valence-electron chi connectivity index (χ0n) is 16.1. The van der Waals surface area contributed by atoms with Crippen LogP contribution in [0.4, 0.5) is 5.82 Å². The smallest absolute Gasteiger partial charge is 0.251 e. The third-order valence-corrected chi connectivity index (χ3v) is 5.04. The largest absolute Gasteiger partial charge is 0.382 e. The Kier molecular flexibility index (Phi) is 5.01. The Morgan fingerprint density at radius 1 is 1.07 bits per heavy atom. The maximum atomic E-state index is 12.9. The number of fused-ring (bicyclic) bond motifs is 1. The molecule has 0 spiro atoms. The number of aromatic nitrogens is 2. The molecule has 0 saturated carbocycles. The van der Waals surface area contributed by atoms with Crippen LogP contribution in [0.25, 0.3) is 22.0 Å². The Morgan fingerprint density at radius 3 is 2.66 bits per heavy atom. The van der Waals surface area contributed by atoms with Gasteiger partial charge in [0.15, 0.2) is 5.82 Å². The summed E-state index contributed by atoms with van der Waals surface area (Å²) in [5, 5.41) is 10.8. The molecule has 4 aromatic rings. The standard InChI is InChI=1S/C23H23N5O/c1-14-4-2-6-17(10-14)21(13-24)26-23(29)18-7-3-5-15(11-18)16-8-9-20-19(12-16)22(25)28-27-20/h2-12,21H,13,24H2,1H3,(H,26,29)(H3,25,27,28). The molecule has 0 aliphatic carbocycles. The molecule has 0 aliphatic rings. The summed E-state index contributed by atoms with van der Waals surface area (Å²) in [7, 11) is 0. The minimum absolute atomic E-state index is 0.160. The maximum absolute atomic E-state index is 12.9. The maximum Gasteiger partial charge on any atom is 0.251 e. The van der Waals surface area contributed by atoms with E-state index in [1.165, 1.54) is 0 Å². The molecular weight excluding hydrogens is 362 g/mol. The SMILES string of the molecule is Cc1cccc(C(CN)NC(=O)c2cccc(-c3ccc4[nH]nc(N)c4c3)c2)c1. The van der Waals surface area contributed by atoms with Crippen molar-refractivity contribution in [1.82, 2.24) is 15.5 Å². The highest BCUT2D eigenvalue weighted by Gasteiger charge is 2.15. The first-order chi connectivity index (χ1) is 14.0. The number of anilines is 1. The molecule has 1 heterocycles. The summed E-state index contributed by atoms with van der Waals surface area (Å²) in [5.41, 5.74) is 17.3. The number of aryl methyl sites for hydroxylation is 1. The van der Waals surface area contributed by atoms with E-state index in [9.17, 15) is 4.79 Å². The minimum Gasteiger partial charge on any atom is -0.382 e. The van der Waals surface area contributed by atoms with Gasteiger partial charge in [-0.25, -0.2) is 0 Å². The lowest BCUT2D eigenvalue weighted by Gasteiger charge is -2.18. The van der Waals surface area contributed by atoms with Crippen LogP contribution in [0.2, 0.25) is 0 Å². The third-order valence-electron chi connectivity index (χ3n) is 5.04. The first kappa shape index (κ1) is 18.7. The number of nitrogens with zero attached hydrogens (tertiary/aromatic N) is 1. The molecule has 0 radical (unpaired) electrons. The van der Waals surface area contributed by atoms with Crippen molar-refractivity contribution in [2.45, 2.75) is 13.0 Å². The van der Waals surface area contributed by atoms with Crippen LogP contribution >= 0.6 is 0 Å². The number of hydrogen-bond donors (Lipinski definition) is 4. The first-order valence-electron chi connectivity index (χ1n) is 9.46. The molecule has 4 rings (SSSR count). The molecule has 146 valence electrons. The number of aromatic amines is 1. The van der Waals surface area contributed by atoms with E-state index in [4.69, 9.17) is 11.5 Å². The lowest BCUT2D eigenvalue weighted by molar-refractivity contribution is 0.0938. The van der Waals surface area contributed by atoms with Crippen molar-refractivity contribution in [3.05, 3.63) is 83.4 Å². The van der Waals surface area contributed by atoms with E-state index in [0.29, 0.717) is 17.9 Å². The van der Waals surface area contributed by atoms with Crippen LogP contribution in [0.15, 0.2) is 66.7 Å². The van der Waals surface area contributed by atoms with E-state index >= 15 is 0 Å². The quantitative estimate of drug-likeness (QED) is 0.421. The number of nitrogen functional groups attached to an aromatic ring is 1. The van der Waals surface area contributed by atoms with E-state index in [0.717, 1.165) is 33.2 Å². The van der Waals surface area contributed by atoms with Crippen LogP contribution in [0.1, 0.15) is 27.5 Å². The molecule has 1 unspecified atom stereocenters. The summed E-state index contributed by atoms with van der Waals surface area (Å²) in [6.45, 7) is 2.34. The number of rotatable bonds is 5. The average molecular weight is 385 g/mol. The van der Waals surface area contributed by atoms with Crippen molar-refractivity contribution in [3.63, 3.8) is 0 Å². The number of nitrogens with one attached hydrogen (secondary N) is 2. The van der Waals surface area contributed by atoms with Gasteiger partial charge in [-0.15, -0.1) is 0 Å². The number of H-pyrrole nitrogens is 1. The summed E-state index contributed by atoms with van der Waals surface area (Å²) in [6, 6.07) is 21.2. The topological polar surface area (TPSA) is 110 Å². The number of carbonyl (C=O) groups excluding carboxylic acids is 1. The molecule has 0 bridgehead atoms. The Labute approximate surface area is 168 Å². The van der Waals surface area contributed by atoms with Crippen molar-refractivity contribution in [2.24, 2.45) is 5.73 Å². The molecule has 1 atom stereocenters. The van der Waals surface area contributed by atoms with E-state index in [1.807, 2.05) is 67.6 Å². The van der Waals surface area contributed by atoms with Gasteiger partial charge in [-0.3, -0.25) is 9.89 Å². The molecule has 6 N–H and O–H groups in total. The molecule has 6 heteroatoms. The van der Waals surface area contributed by atoms with E-state index in [1.54, 1.807) is 6.07 Å². The predicted octanol–water partition coefficient (Wildman–Crippen LogP) is 3.55. The molecule has 1 aromatic heterocycles. The third kappa shape index (κ3) is 3.83. The van der Waals surface area contributed by atoms with E-state index < -0.39 is 0 Å². The fourth-order valence-electron chi connectivity index (χ4n) is 3.46. The molecule has 29 heavy (non-hydrogen) atoms. The highest BCUT2D eigenvalue weighted by atomic mass is 16.1. The van der Waals surface area contributed by atoms with Crippen molar-refractivity contribution >= 4 is 22.6 Å². The molecule has 3 aromatic carbocycles. The van der Waals surface area contributed by atoms with Gasteiger partial charge in [-0.05, 0) is 47.9 Å². The average Bonchev–Trinajstić information content (AvgIpc) is 3.12. The number of nitrogens with two attached hydrogens (primary N) is 2. The lowest BCUT2D eigenvalue weighted by Crippen LogP contribution is -2.33. The van der Waals surface area contributed by atoms with Gasteiger partial charge in [0, 0.05) is 17.5 Å². The van der Waals surface area contributed by atoms with E-state index in [2.05, 4.69) is 15.5 Å². The van der Waals surface area contributed by atoms with Crippen LogP contribution in [-0.4, -0.2) is 22.6 Å². The van der Waals surface area contributed by atoms with Gasteiger partial charge < -0.3 is 16.8 Å². The first-order valence-corrected chi connectivity index (χ1v) is 9.46. The van der Waals surface area contributed by atoms with Crippen LogP contribution in [0, 0.1) is 6.92 Å². The fraction of sp³-hybridized carbons (Fsp3) is 0.130. The lowest BCUT2D eigenvalue weighted by atomic mass is 10.0. The summed E-state index contributed by atoms with van der Waals surface area (Å²) in [6.07, 6.45) is 0. The molecule has 6 nitrogen and oxygen atoms in total. The minimum atomic E-state index is -0.242. The predicted molar refractivity (Wildman–Crippen MR) is 116 cm³/mol. The molecule has 0 aliphatic heterocycles. The fourth-order valence-corrected chi connectivity index (χ4v) is 3.46. The van der Waals surface area contributed by atoms with Crippen molar-refractivity contribution in [3.8, 4) is 11.1 Å². The van der Waals surface area contributed by atoms with Crippen molar-refractivity contribution in [1.29, 1.82) is 0 Å². The van der Waals surface area contributed by atoms with Crippen LogP contribution in [-0.2, 0) is 0 Å². The summed E-state index contributed by atoms with van der Waals surface area (Å²) in [5.74, 6) is 0.299. The number of carbonyl (C=O) groups is 1. The second-order valence-corrected chi connectivity index (χ2v) is 7.13. The highest BCUT2D eigenvalue weighted by molar-refractivity contribution is 5.97. The molecule has 0 saturated heterocycles. The molecular formula is C23H23N5O. The summed E-state index contributed by atoms with van der Waals surface area (Å²) < 4.78 is 0. The molecule has 1 amide bonds. The van der Waals surface area contributed by atoms with E-state index in [-0.39, 0.29) is 11.9 Å². The van der Waals surface area contributed by atoms with Gasteiger partial charge in [-0.1, -0.05) is 48.0 Å². The monoisotopic (exact) mass is 385 g/mol. The Balaban J connectivity index is 1.60. The van der Waals surface area contributed by atoms with Crippen LogP contribution in [0.3, 0.4) is 0 Å². The zero-order chi connectivity index (χ0) is 20.4. The number of benzene rings is 3. The van der Waals surface area contributed by atoms with Gasteiger partial charge in [0.2, 0.25) is 0 Å². The van der Waals surface area contributed by atoms with Crippen molar-refractivity contribution in [2.75, 3.05) is 12.3 Å². The van der Waals surface area contributed by atoms with Gasteiger partial charge in [-0.2, -0.15) is 5.10 Å². The zero-order valence-corrected chi connectivity index (χ0v) is 16.1. The second-order valence-electron chi connectivity index (χ2n) is 7.13. The summed E-state index contributed by atoms with van der Waals surface area (Å²) >= 11 is 0.